The van der Waals surface area contributed by atoms with Gasteiger partial charge in [-0.25, -0.2) is 14.8 Å². The Bertz CT molecular complexity index is 1360. The molecule has 4 rings (SSSR count). The van der Waals surface area contributed by atoms with Crippen molar-refractivity contribution in [2.75, 3.05) is 25.0 Å². The molecule has 0 atom stereocenters. The smallest absolute Gasteiger partial charge is 0.407 e. The van der Waals surface area contributed by atoms with Gasteiger partial charge < -0.3 is 26.4 Å². The van der Waals surface area contributed by atoms with E-state index in [1.54, 1.807) is 6.20 Å². The molecule has 10 nitrogen and oxygen atoms in total. The summed E-state index contributed by atoms with van der Waals surface area (Å²) in [6, 6.07) is 13.1. The number of carbonyl (C=O) groups excluding carboxylic acids is 3. The first-order valence-corrected chi connectivity index (χ1v) is 14.2. The molecule has 218 valence electrons. The SMILES string of the molecule is CC(C)(C)OC(=O)NCC1CCC(CNC(=O)c2cc(-c3ccc(NCCC(N)=O)nc3)nc3ccccc23)CC1. The van der Waals surface area contributed by atoms with Gasteiger partial charge in [-0.15, -0.1) is 0 Å². The zero-order chi connectivity index (χ0) is 29.4. The predicted octanol–water partition coefficient (Wildman–Crippen LogP) is 4.65. The van der Waals surface area contributed by atoms with Crippen LogP contribution in [-0.4, -0.2) is 53.1 Å². The first-order chi connectivity index (χ1) is 19.6. The zero-order valence-electron chi connectivity index (χ0n) is 24.0. The van der Waals surface area contributed by atoms with Crippen molar-refractivity contribution in [2.45, 2.75) is 58.5 Å². The Kier molecular flexibility index (Phi) is 9.75. The number of benzene rings is 1. The number of nitrogens with one attached hydrogen (secondary N) is 3. The summed E-state index contributed by atoms with van der Waals surface area (Å²) in [4.78, 5) is 45.5. The Morgan fingerprint density at radius 2 is 1.66 bits per heavy atom. The fourth-order valence-corrected chi connectivity index (χ4v) is 4.99. The fourth-order valence-electron chi connectivity index (χ4n) is 4.99. The van der Waals surface area contributed by atoms with Crippen molar-refractivity contribution in [1.82, 2.24) is 20.6 Å². The summed E-state index contributed by atoms with van der Waals surface area (Å²) in [5.41, 5.74) is 7.43. The number of alkyl carbamates (subject to hydrolysis) is 1. The molecule has 1 saturated carbocycles. The standard InChI is InChI=1S/C31H40N6O4/c1-31(2,3)41-30(40)36-18-21-10-8-20(9-11-21)17-35-29(39)24-16-26(37-25-7-5-4-6-23(24)25)22-12-13-28(34-19-22)33-15-14-27(32)38/h4-7,12-13,16,19-21H,8-11,14-15,17-18H2,1-3H3,(H2,32,38)(H,33,34)(H,35,39)(H,36,40). The van der Waals surface area contributed by atoms with Gasteiger partial charge in [-0.2, -0.15) is 0 Å². The number of aromatic nitrogens is 2. The van der Waals surface area contributed by atoms with Crippen LogP contribution < -0.4 is 21.7 Å². The fraction of sp³-hybridized carbons (Fsp3) is 0.452. The largest absolute Gasteiger partial charge is 0.444 e. The molecule has 0 bridgehead atoms. The van der Waals surface area contributed by atoms with Crippen molar-refractivity contribution >= 4 is 34.6 Å². The number of rotatable bonds is 10. The van der Waals surface area contributed by atoms with E-state index < -0.39 is 5.60 Å². The number of pyridine rings is 2. The monoisotopic (exact) mass is 560 g/mol. The van der Waals surface area contributed by atoms with Crippen LogP contribution in [0, 0.1) is 11.8 Å². The first-order valence-electron chi connectivity index (χ1n) is 14.2. The minimum absolute atomic E-state index is 0.128. The molecule has 3 aromatic rings. The van der Waals surface area contributed by atoms with Crippen LogP contribution in [0.2, 0.25) is 0 Å². The molecule has 0 spiro atoms. The van der Waals surface area contributed by atoms with E-state index >= 15 is 0 Å². The van der Waals surface area contributed by atoms with E-state index in [0.717, 1.165) is 42.1 Å². The maximum atomic E-state index is 13.4. The van der Waals surface area contributed by atoms with E-state index in [9.17, 15) is 14.4 Å². The number of hydrogen-bond donors (Lipinski definition) is 4. The Hall–Kier alpha value is -4.21. The number of amides is 3. The summed E-state index contributed by atoms with van der Waals surface area (Å²) in [6.45, 7) is 7.18. The van der Waals surface area contributed by atoms with E-state index in [1.165, 1.54) is 0 Å². The van der Waals surface area contributed by atoms with Gasteiger partial charge in [-0.1, -0.05) is 18.2 Å². The van der Waals surface area contributed by atoms with Crippen molar-refractivity contribution in [1.29, 1.82) is 0 Å². The lowest BCUT2D eigenvalue weighted by Gasteiger charge is -2.29. The molecule has 1 aromatic carbocycles. The van der Waals surface area contributed by atoms with Crippen molar-refractivity contribution in [3.63, 3.8) is 0 Å². The minimum Gasteiger partial charge on any atom is -0.444 e. The van der Waals surface area contributed by atoms with Gasteiger partial charge >= 0.3 is 6.09 Å². The van der Waals surface area contributed by atoms with Crippen LogP contribution in [0.25, 0.3) is 22.2 Å². The van der Waals surface area contributed by atoms with Gasteiger partial charge in [0, 0.05) is 43.2 Å². The molecule has 3 amide bonds. The summed E-state index contributed by atoms with van der Waals surface area (Å²) >= 11 is 0. The second-order valence-electron chi connectivity index (χ2n) is 11.6. The van der Waals surface area contributed by atoms with Gasteiger partial charge in [-0.05, 0) is 82.6 Å². The summed E-state index contributed by atoms with van der Waals surface area (Å²) < 4.78 is 5.33. The Morgan fingerprint density at radius 1 is 0.976 bits per heavy atom. The molecule has 1 aliphatic carbocycles. The quantitative estimate of drug-likeness (QED) is 0.282. The molecule has 41 heavy (non-hydrogen) atoms. The van der Waals surface area contributed by atoms with Crippen LogP contribution in [0.4, 0.5) is 10.6 Å². The van der Waals surface area contributed by atoms with Gasteiger partial charge in [0.05, 0.1) is 16.8 Å². The molecule has 5 N–H and O–H groups in total. The second-order valence-corrected chi connectivity index (χ2v) is 11.6. The molecular formula is C31H40N6O4. The number of nitrogens with zero attached hydrogens (tertiary/aromatic N) is 2. The zero-order valence-corrected chi connectivity index (χ0v) is 24.0. The molecular weight excluding hydrogens is 520 g/mol. The van der Waals surface area contributed by atoms with Gasteiger partial charge in [0.25, 0.3) is 5.91 Å². The molecule has 1 aliphatic rings. The van der Waals surface area contributed by atoms with Crippen molar-refractivity contribution in [3.05, 3.63) is 54.2 Å². The molecule has 1 fully saturated rings. The van der Waals surface area contributed by atoms with Gasteiger partial charge in [0.1, 0.15) is 11.4 Å². The number of para-hydroxylation sites is 1. The molecule has 10 heteroatoms. The van der Waals surface area contributed by atoms with Crippen molar-refractivity contribution < 1.29 is 19.1 Å². The van der Waals surface area contributed by atoms with E-state index in [1.807, 2.05) is 63.2 Å². The molecule has 0 radical (unpaired) electrons. The highest BCUT2D eigenvalue weighted by Crippen LogP contribution is 2.29. The van der Waals surface area contributed by atoms with Crippen LogP contribution in [0.1, 0.15) is 63.2 Å². The van der Waals surface area contributed by atoms with E-state index in [0.29, 0.717) is 48.5 Å². The Balaban J connectivity index is 1.35. The number of ether oxygens (including phenoxy) is 1. The molecule has 0 unspecified atom stereocenters. The van der Waals surface area contributed by atoms with Gasteiger partial charge in [-0.3, -0.25) is 9.59 Å². The maximum Gasteiger partial charge on any atom is 0.407 e. The molecule has 0 saturated heterocycles. The third-order valence-corrected chi connectivity index (χ3v) is 7.15. The van der Waals surface area contributed by atoms with Crippen LogP contribution >= 0.6 is 0 Å². The Labute approximate surface area is 240 Å². The lowest BCUT2D eigenvalue weighted by molar-refractivity contribution is -0.117. The van der Waals surface area contributed by atoms with Crippen LogP contribution in [0.3, 0.4) is 0 Å². The third kappa shape index (κ3) is 8.89. The summed E-state index contributed by atoms with van der Waals surface area (Å²) in [5, 5.41) is 9.90. The highest BCUT2D eigenvalue weighted by molar-refractivity contribution is 6.07. The molecule has 0 aliphatic heterocycles. The van der Waals surface area contributed by atoms with E-state index in [2.05, 4.69) is 20.9 Å². The predicted molar refractivity (Wildman–Crippen MR) is 159 cm³/mol. The van der Waals surface area contributed by atoms with Gasteiger partial charge in [0.15, 0.2) is 0 Å². The summed E-state index contributed by atoms with van der Waals surface area (Å²) in [6.07, 6.45) is 5.53. The molecule has 2 heterocycles. The van der Waals surface area contributed by atoms with E-state index in [-0.39, 0.29) is 24.3 Å². The number of nitrogens with two attached hydrogens (primary N) is 1. The number of anilines is 1. The highest BCUT2D eigenvalue weighted by atomic mass is 16.6. The van der Waals surface area contributed by atoms with Gasteiger partial charge in [0.2, 0.25) is 5.91 Å². The minimum atomic E-state index is -0.506. The van der Waals surface area contributed by atoms with E-state index in [4.69, 9.17) is 15.5 Å². The topological polar surface area (TPSA) is 148 Å². The number of hydrogen-bond acceptors (Lipinski definition) is 7. The summed E-state index contributed by atoms with van der Waals surface area (Å²) in [7, 11) is 0. The van der Waals surface area contributed by atoms with Crippen molar-refractivity contribution in [3.8, 4) is 11.3 Å². The normalized spacial score (nSPS) is 17.0. The number of fused-ring (bicyclic) bond motifs is 1. The maximum absolute atomic E-state index is 13.4. The lowest BCUT2D eigenvalue weighted by atomic mass is 9.82. The van der Waals surface area contributed by atoms with Crippen molar-refractivity contribution in [2.24, 2.45) is 17.6 Å². The number of primary amides is 1. The van der Waals surface area contributed by atoms with Crippen LogP contribution in [-0.2, 0) is 9.53 Å². The van der Waals surface area contributed by atoms with Crippen LogP contribution in [0.15, 0.2) is 48.7 Å². The third-order valence-electron chi connectivity index (χ3n) is 7.15. The average Bonchev–Trinajstić information content (AvgIpc) is 2.94. The average molecular weight is 561 g/mol. The molecule has 2 aromatic heterocycles. The highest BCUT2D eigenvalue weighted by Gasteiger charge is 2.24. The van der Waals surface area contributed by atoms with Crippen LogP contribution in [0.5, 0.6) is 0 Å². The summed E-state index contributed by atoms with van der Waals surface area (Å²) in [5.74, 6) is 0.934. The lowest BCUT2D eigenvalue weighted by Crippen LogP contribution is -2.37. The second kappa shape index (κ2) is 13.4. The number of carbonyl (C=O) groups is 3. The first kappa shape index (κ1) is 29.8. The Morgan fingerprint density at radius 3 is 2.29 bits per heavy atom.